The smallest absolute Gasteiger partial charge is 0.131 e. The second-order valence-corrected chi connectivity index (χ2v) is 8.89. The standard InChI is InChI=1S/C29H33F/c1-3-5-22-8-12-25(13-9-22)27-18-19-28(29(30)20-27)26-16-14-24(15-17-26)23-10-6-21(4-2)7-11-23/h8-9,12-21,23H,3-7,10-11H2,1-2H3. The molecule has 0 atom stereocenters. The summed E-state index contributed by atoms with van der Waals surface area (Å²) in [7, 11) is 0. The molecule has 0 amide bonds. The highest BCUT2D eigenvalue weighted by molar-refractivity contribution is 5.71. The van der Waals surface area contributed by atoms with Crippen LogP contribution in [0.4, 0.5) is 4.39 Å². The van der Waals surface area contributed by atoms with Gasteiger partial charge in [-0.2, -0.15) is 0 Å². The molecule has 3 aromatic rings. The van der Waals surface area contributed by atoms with Crippen LogP contribution in [0.25, 0.3) is 22.3 Å². The van der Waals surface area contributed by atoms with Crippen LogP contribution in [-0.4, -0.2) is 0 Å². The highest BCUT2D eigenvalue weighted by atomic mass is 19.1. The molecule has 0 unspecified atom stereocenters. The largest absolute Gasteiger partial charge is 0.206 e. The molecule has 0 bridgehead atoms. The van der Waals surface area contributed by atoms with Crippen molar-refractivity contribution in [3.05, 3.63) is 83.7 Å². The van der Waals surface area contributed by atoms with E-state index < -0.39 is 0 Å². The van der Waals surface area contributed by atoms with Gasteiger partial charge in [0.25, 0.3) is 0 Å². The predicted molar refractivity (Wildman–Crippen MR) is 126 cm³/mol. The number of hydrogen-bond donors (Lipinski definition) is 0. The average Bonchev–Trinajstić information content (AvgIpc) is 2.80. The molecule has 0 spiro atoms. The van der Waals surface area contributed by atoms with Gasteiger partial charge in [0.05, 0.1) is 0 Å². The zero-order valence-corrected chi connectivity index (χ0v) is 18.3. The Morgan fingerprint density at radius 1 is 0.733 bits per heavy atom. The third-order valence-corrected chi connectivity index (χ3v) is 6.91. The third-order valence-electron chi connectivity index (χ3n) is 6.91. The molecule has 0 nitrogen and oxygen atoms in total. The van der Waals surface area contributed by atoms with E-state index in [2.05, 4.69) is 62.4 Å². The summed E-state index contributed by atoms with van der Waals surface area (Å²) in [5, 5.41) is 0. The summed E-state index contributed by atoms with van der Waals surface area (Å²) in [6.07, 6.45) is 8.81. The zero-order chi connectivity index (χ0) is 20.9. The molecule has 0 radical (unpaired) electrons. The highest BCUT2D eigenvalue weighted by Gasteiger charge is 2.21. The van der Waals surface area contributed by atoms with Gasteiger partial charge < -0.3 is 0 Å². The van der Waals surface area contributed by atoms with Gasteiger partial charge in [-0.05, 0) is 77.8 Å². The first kappa shape index (κ1) is 20.8. The number of rotatable bonds is 6. The lowest BCUT2D eigenvalue weighted by Crippen LogP contribution is -2.12. The summed E-state index contributed by atoms with van der Waals surface area (Å²) in [5.74, 6) is 1.43. The second kappa shape index (κ2) is 9.60. The summed E-state index contributed by atoms with van der Waals surface area (Å²) in [6, 6.07) is 22.7. The van der Waals surface area contributed by atoms with E-state index in [1.165, 1.54) is 43.2 Å². The van der Waals surface area contributed by atoms with Crippen molar-refractivity contribution in [3.63, 3.8) is 0 Å². The van der Waals surface area contributed by atoms with Crippen LogP contribution in [0.2, 0.25) is 0 Å². The maximum atomic E-state index is 15.0. The molecule has 1 heteroatoms. The van der Waals surface area contributed by atoms with Crippen LogP contribution >= 0.6 is 0 Å². The second-order valence-electron chi connectivity index (χ2n) is 8.89. The molecule has 1 fully saturated rings. The van der Waals surface area contributed by atoms with Gasteiger partial charge in [0.15, 0.2) is 0 Å². The molecule has 156 valence electrons. The molecule has 1 saturated carbocycles. The van der Waals surface area contributed by atoms with Crippen molar-refractivity contribution in [3.8, 4) is 22.3 Å². The van der Waals surface area contributed by atoms with E-state index in [9.17, 15) is 4.39 Å². The Morgan fingerprint density at radius 3 is 1.97 bits per heavy atom. The predicted octanol–water partition coefficient (Wildman–Crippen LogP) is 8.80. The Balaban J connectivity index is 1.49. The Bertz CT molecular complexity index is 945. The summed E-state index contributed by atoms with van der Waals surface area (Å²) >= 11 is 0. The maximum Gasteiger partial charge on any atom is 0.131 e. The zero-order valence-electron chi connectivity index (χ0n) is 18.3. The van der Waals surface area contributed by atoms with E-state index in [1.807, 2.05) is 12.1 Å². The average molecular weight is 401 g/mol. The van der Waals surface area contributed by atoms with Gasteiger partial charge in [0.1, 0.15) is 5.82 Å². The Kier molecular flexibility index (Phi) is 6.67. The van der Waals surface area contributed by atoms with Crippen molar-refractivity contribution in [2.45, 2.75) is 64.7 Å². The maximum absolute atomic E-state index is 15.0. The van der Waals surface area contributed by atoms with Crippen LogP contribution in [0.1, 0.15) is 69.4 Å². The van der Waals surface area contributed by atoms with Crippen molar-refractivity contribution in [2.24, 2.45) is 5.92 Å². The molecule has 0 aliphatic heterocycles. The van der Waals surface area contributed by atoms with Crippen molar-refractivity contribution in [2.75, 3.05) is 0 Å². The molecule has 30 heavy (non-hydrogen) atoms. The lowest BCUT2D eigenvalue weighted by atomic mass is 9.77. The van der Waals surface area contributed by atoms with Gasteiger partial charge in [-0.1, -0.05) is 87.4 Å². The minimum absolute atomic E-state index is 0.152. The van der Waals surface area contributed by atoms with Gasteiger partial charge in [-0.3, -0.25) is 0 Å². The molecule has 4 rings (SSSR count). The normalized spacial score (nSPS) is 19.0. The molecule has 0 heterocycles. The third kappa shape index (κ3) is 4.67. The van der Waals surface area contributed by atoms with Crippen LogP contribution in [-0.2, 0) is 6.42 Å². The quantitative estimate of drug-likeness (QED) is 0.388. The van der Waals surface area contributed by atoms with Crippen LogP contribution in [0.15, 0.2) is 66.7 Å². The fraction of sp³-hybridized carbons (Fsp3) is 0.379. The molecule has 3 aromatic carbocycles. The van der Waals surface area contributed by atoms with E-state index in [4.69, 9.17) is 0 Å². The van der Waals surface area contributed by atoms with Gasteiger partial charge in [-0.25, -0.2) is 4.39 Å². The summed E-state index contributed by atoms with van der Waals surface area (Å²) in [5.41, 5.74) is 6.40. The van der Waals surface area contributed by atoms with E-state index >= 15 is 0 Å². The van der Waals surface area contributed by atoms with Gasteiger partial charge >= 0.3 is 0 Å². The SMILES string of the molecule is CCCc1ccc(-c2ccc(-c3ccc(C4CCC(CC)CC4)cc3)c(F)c2)cc1. The van der Waals surface area contributed by atoms with E-state index in [1.54, 1.807) is 6.07 Å². The van der Waals surface area contributed by atoms with Crippen LogP contribution in [0.5, 0.6) is 0 Å². The van der Waals surface area contributed by atoms with Gasteiger partial charge in [-0.15, -0.1) is 0 Å². The fourth-order valence-electron chi connectivity index (χ4n) is 4.92. The van der Waals surface area contributed by atoms with Crippen LogP contribution in [0.3, 0.4) is 0 Å². The molecule has 0 saturated heterocycles. The van der Waals surface area contributed by atoms with Crippen molar-refractivity contribution in [1.82, 2.24) is 0 Å². The Hall–Kier alpha value is -2.41. The first-order valence-electron chi connectivity index (χ1n) is 11.7. The summed E-state index contributed by atoms with van der Waals surface area (Å²) in [4.78, 5) is 0. The molecule has 1 aliphatic rings. The number of halogens is 1. The van der Waals surface area contributed by atoms with E-state index in [-0.39, 0.29) is 5.82 Å². The summed E-state index contributed by atoms with van der Waals surface area (Å²) in [6.45, 7) is 4.49. The van der Waals surface area contributed by atoms with Crippen molar-refractivity contribution in [1.29, 1.82) is 0 Å². The van der Waals surface area contributed by atoms with Gasteiger partial charge in [0, 0.05) is 5.56 Å². The minimum atomic E-state index is -0.152. The van der Waals surface area contributed by atoms with E-state index in [0.29, 0.717) is 11.5 Å². The van der Waals surface area contributed by atoms with Gasteiger partial charge in [0.2, 0.25) is 0 Å². The first-order valence-corrected chi connectivity index (χ1v) is 11.7. The molecular formula is C29H33F. The first-order chi connectivity index (χ1) is 14.7. The summed E-state index contributed by atoms with van der Waals surface area (Å²) < 4.78 is 15.0. The monoisotopic (exact) mass is 400 g/mol. The number of benzene rings is 3. The number of hydrogen-bond acceptors (Lipinski definition) is 0. The Labute approximate surface area is 181 Å². The lowest BCUT2D eigenvalue weighted by molar-refractivity contribution is 0.319. The van der Waals surface area contributed by atoms with E-state index in [0.717, 1.165) is 35.4 Å². The van der Waals surface area contributed by atoms with Crippen LogP contribution < -0.4 is 0 Å². The molecule has 0 N–H and O–H groups in total. The van der Waals surface area contributed by atoms with Crippen molar-refractivity contribution >= 4 is 0 Å². The topological polar surface area (TPSA) is 0 Å². The molecule has 0 aromatic heterocycles. The fourth-order valence-corrected chi connectivity index (χ4v) is 4.92. The van der Waals surface area contributed by atoms with Crippen molar-refractivity contribution < 1.29 is 4.39 Å². The minimum Gasteiger partial charge on any atom is -0.206 e. The Morgan fingerprint density at radius 2 is 1.37 bits per heavy atom. The lowest BCUT2D eigenvalue weighted by Gasteiger charge is -2.28. The molecule has 1 aliphatic carbocycles. The highest BCUT2D eigenvalue weighted by Crippen LogP contribution is 2.37. The number of aryl methyl sites for hydroxylation is 1. The molecular weight excluding hydrogens is 367 g/mol. The van der Waals surface area contributed by atoms with Crippen LogP contribution in [0, 0.1) is 11.7 Å².